The third kappa shape index (κ3) is 5.01. The minimum Gasteiger partial charge on any atom is -0.320 e. The number of hydrogen-bond donors (Lipinski definition) is 1. The first kappa shape index (κ1) is 29.9. The number of para-hydroxylation sites is 1. The molecular formula is C48H36N2. The van der Waals surface area contributed by atoms with Crippen molar-refractivity contribution in [3.05, 3.63) is 199 Å². The largest absolute Gasteiger partial charge is 0.320 e. The van der Waals surface area contributed by atoms with Gasteiger partial charge in [0.2, 0.25) is 0 Å². The lowest BCUT2D eigenvalue weighted by atomic mass is 9.93. The van der Waals surface area contributed by atoms with E-state index in [0.717, 1.165) is 11.1 Å². The Labute approximate surface area is 291 Å². The Hall–Kier alpha value is -6.22. The van der Waals surface area contributed by atoms with Crippen molar-refractivity contribution in [2.75, 3.05) is 0 Å². The molecular weight excluding hydrogens is 605 g/mol. The third-order valence-electron chi connectivity index (χ3n) is 10.1. The fraction of sp³-hybridized carbons (Fsp3) is 0.0417. The summed E-state index contributed by atoms with van der Waals surface area (Å²) < 4.78 is 2.46. The number of fused-ring (bicyclic) bond motifs is 11. The van der Waals surface area contributed by atoms with Gasteiger partial charge in [0.05, 0.1) is 17.1 Å². The van der Waals surface area contributed by atoms with Crippen LogP contribution >= 0.6 is 0 Å². The summed E-state index contributed by atoms with van der Waals surface area (Å²) >= 11 is 0. The molecule has 2 heteroatoms. The van der Waals surface area contributed by atoms with E-state index in [-0.39, 0.29) is 6.04 Å². The van der Waals surface area contributed by atoms with E-state index in [1.54, 1.807) is 0 Å². The second-order valence-corrected chi connectivity index (χ2v) is 13.2. The number of aryl methyl sites for hydroxylation is 1. The third-order valence-corrected chi connectivity index (χ3v) is 10.1. The Morgan fingerprint density at radius 2 is 1.06 bits per heavy atom. The number of aromatic nitrogens is 1. The van der Waals surface area contributed by atoms with Gasteiger partial charge in [-0.25, -0.2) is 0 Å². The van der Waals surface area contributed by atoms with Crippen molar-refractivity contribution in [1.82, 2.24) is 4.57 Å². The summed E-state index contributed by atoms with van der Waals surface area (Å²) in [5.41, 5.74) is 13.6. The van der Waals surface area contributed by atoms with Crippen LogP contribution < -0.4 is 5.73 Å². The Morgan fingerprint density at radius 1 is 0.420 bits per heavy atom. The van der Waals surface area contributed by atoms with Gasteiger partial charge in [-0.3, -0.25) is 0 Å². The average Bonchev–Trinajstić information content (AvgIpc) is 3.53. The van der Waals surface area contributed by atoms with Crippen molar-refractivity contribution in [1.29, 1.82) is 0 Å². The summed E-state index contributed by atoms with van der Waals surface area (Å²) in [6.07, 6.45) is 0. The van der Waals surface area contributed by atoms with Crippen molar-refractivity contribution in [2.24, 2.45) is 5.73 Å². The van der Waals surface area contributed by atoms with Gasteiger partial charge in [0.1, 0.15) is 0 Å². The lowest BCUT2D eigenvalue weighted by molar-refractivity contribution is 0.873. The van der Waals surface area contributed by atoms with E-state index < -0.39 is 0 Å². The predicted molar refractivity (Wildman–Crippen MR) is 214 cm³/mol. The number of hydrogen-bond acceptors (Lipinski definition) is 1. The molecule has 0 bridgehead atoms. The predicted octanol–water partition coefficient (Wildman–Crippen LogP) is 12.4. The molecule has 1 unspecified atom stereocenters. The molecule has 2 N–H and O–H groups in total. The van der Waals surface area contributed by atoms with Gasteiger partial charge in [-0.15, -0.1) is 0 Å². The highest BCUT2D eigenvalue weighted by molar-refractivity contribution is 6.36. The molecule has 0 saturated heterocycles. The lowest BCUT2D eigenvalue weighted by Crippen LogP contribution is -2.11. The van der Waals surface area contributed by atoms with Crippen LogP contribution in [0.25, 0.3) is 70.6 Å². The van der Waals surface area contributed by atoms with Gasteiger partial charge in [0.25, 0.3) is 0 Å². The van der Waals surface area contributed by atoms with Crippen molar-refractivity contribution < 1.29 is 0 Å². The standard InChI is InChI=1S/C31H21N.C17H15N/c1-20-9-8-11-22(19-20)32-28-16-7-6-15-27(28)30-29-23-12-3-2-10-21(23)17-18-25(29)24-13-4-5-14-26(24)31(30)32;18-17(14-7-2-1-3-8-14)16-11-10-13-6-4-5-9-15(13)12-16/h2-19H,1H3;1-12,17H,18H2. The molecule has 10 rings (SSSR count). The van der Waals surface area contributed by atoms with Crippen LogP contribution in [-0.2, 0) is 0 Å². The fourth-order valence-corrected chi connectivity index (χ4v) is 7.73. The minimum atomic E-state index is -0.0594. The van der Waals surface area contributed by atoms with Gasteiger partial charge < -0.3 is 10.3 Å². The molecule has 0 saturated carbocycles. The Bertz CT molecular complexity index is 2840. The van der Waals surface area contributed by atoms with E-state index >= 15 is 0 Å². The number of nitrogens with two attached hydrogens (primary N) is 1. The first-order chi connectivity index (χ1) is 24.7. The second-order valence-electron chi connectivity index (χ2n) is 13.2. The quantitative estimate of drug-likeness (QED) is 0.191. The Morgan fingerprint density at radius 3 is 1.86 bits per heavy atom. The molecule has 0 aliphatic rings. The molecule has 0 amide bonds. The van der Waals surface area contributed by atoms with E-state index in [9.17, 15) is 0 Å². The van der Waals surface area contributed by atoms with Crippen LogP contribution in [0, 0.1) is 6.92 Å². The van der Waals surface area contributed by atoms with Crippen molar-refractivity contribution >= 4 is 64.9 Å². The molecule has 0 spiro atoms. The zero-order valence-electron chi connectivity index (χ0n) is 27.9. The lowest BCUT2D eigenvalue weighted by Gasteiger charge is -2.14. The normalized spacial score (nSPS) is 12.1. The monoisotopic (exact) mass is 640 g/mol. The number of rotatable bonds is 3. The maximum Gasteiger partial charge on any atom is 0.0626 e. The van der Waals surface area contributed by atoms with Crippen LogP contribution in [0.15, 0.2) is 182 Å². The summed E-state index contributed by atoms with van der Waals surface area (Å²) in [7, 11) is 0. The van der Waals surface area contributed by atoms with E-state index in [1.807, 2.05) is 18.2 Å². The highest BCUT2D eigenvalue weighted by atomic mass is 15.0. The van der Waals surface area contributed by atoms with Gasteiger partial charge >= 0.3 is 0 Å². The maximum absolute atomic E-state index is 6.31. The van der Waals surface area contributed by atoms with Gasteiger partial charge in [-0.05, 0) is 80.2 Å². The van der Waals surface area contributed by atoms with Crippen LogP contribution in [0.1, 0.15) is 22.7 Å². The summed E-state index contributed by atoms with van der Waals surface area (Å²) in [4.78, 5) is 0. The SMILES string of the molecule is Cc1cccc(-n2c3ccccc3c3c4c5ccccc5ccc4c4ccccc4c32)c1.NC(c1ccccc1)c1ccc2ccccc2c1. The van der Waals surface area contributed by atoms with Crippen LogP contribution in [0.4, 0.5) is 0 Å². The van der Waals surface area contributed by atoms with Crippen LogP contribution in [0.3, 0.4) is 0 Å². The van der Waals surface area contributed by atoms with Gasteiger partial charge in [-0.1, -0.05) is 158 Å². The molecule has 0 fully saturated rings. The van der Waals surface area contributed by atoms with Crippen LogP contribution in [-0.4, -0.2) is 4.57 Å². The molecule has 0 aliphatic carbocycles. The van der Waals surface area contributed by atoms with E-state index in [4.69, 9.17) is 5.73 Å². The molecule has 238 valence electrons. The molecule has 0 radical (unpaired) electrons. The summed E-state index contributed by atoms with van der Waals surface area (Å²) in [5, 5.41) is 13.0. The molecule has 1 heterocycles. The second kappa shape index (κ2) is 12.3. The fourth-order valence-electron chi connectivity index (χ4n) is 7.73. The Kier molecular flexibility index (Phi) is 7.38. The molecule has 9 aromatic carbocycles. The molecule has 10 aromatic rings. The topological polar surface area (TPSA) is 30.9 Å². The van der Waals surface area contributed by atoms with E-state index in [0.29, 0.717) is 0 Å². The van der Waals surface area contributed by atoms with Crippen LogP contribution in [0.5, 0.6) is 0 Å². The van der Waals surface area contributed by atoms with Gasteiger partial charge in [0.15, 0.2) is 0 Å². The van der Waals surface area contributed by atoms with Crippen molar-refractivity contribution in [2.45, 2.75) is 13.0 Å². The number of benzene rings is 9. The van der Waals surface area contributed by atoms with Crippen molar-refractivity contribution in [3.8, 4) is 5.69 Å². The molecule has 0 aliphatic heterocycles. The summed E-state index contributed by atoms with van der Waals surface area (Å²) in [6.45, 7) is 2.17. The van der Waals surface area contributed by atoms with Crippen molar-refractivity contribution in [3.63, 3.8) is 0 Å². The highest BCUT2D eigenvalue weighted by Crippen LogP contribution is 2.44. The smallest absolute Gasteiger partial charge is 0.0626 e. The van der Waals surface area contributed by atoms with Crippen LogP contribution in [0.2, 0.25) is 0 Å². The Balaban J connectivity index is 0.000000159. The zero-order chi connectivity index (χ0) is 33.6. The summed E-state index contributed by atoms with van der Waals surface area (Å²) in [5.74, 6) is 0. The summed E-state index contributed by atoms with van der Waals surface area (Å²) in [6, 6.07) is 64.8. The first-order valence-electron chi connectivity index (χ1n) is 17.3. The van der Waals surface area contributed by atoms with Gasteiger partial charge in [-0.2, -0.15) is 0 Å². The zero-order valence-corrected chi connectivity index (χ0v) is 27.9. The molecule has 50 heavy (non-hydrogen) atoms. The average molecular weight is 641 g/mol. The minimum absolute atomic E-state index is 0.0594. The molecule has 2 nitrogen and oxygen atoms in total. The molecule has 1 atom stereocenters. The number of nitrogens with zero attached hydrogens (tertiary/aromatic N) is 1. The highest BCUT2D eigenvalue weighted by Gasteiger charge is 2.20. The maximum atomic E-state index is 6.31. The molecule has 1 aromatic heterocycles. The first-order valence-corrected chi connectivity index (χ1v) is 17.3. The van der Waals surface area contributed by atoms with E-state index in [1.165, 1.54) is 76.1 Å². The van der Waals surface area contributed by atoms with Gasteiger partial charge in [0, 0.05) is 27.2 Å². The van der Waals surface area contributed by atoms with E-state index in [2.05, 4.69) is 175 Å².